The number of hydrogen-bond donors (Lipinski definition) is 1. The molecule has 7 heteroatoms. The molecule has 0 aliphatic carbocycles. The lowest BCUT2D eigenvalue weighted by Crippen LogP contribution is -2.40. The first kappa shape index (κ1) is 36.4. The molecule has 0 spiro atoms. The van der Waals surface area contributed by atoms with Crippen molar-refractivity contribution >= 4 is 28.7 Å². The Hall–Kier alpha value is -4.91. The number of urea groups is 1. The van der Waals surface area contributed by atoms with Crippen LogP contribution in [-0.2, 0) is 24.2 Å². The number of hydrogen-bond acceptors (Lipinski definition) is 4. The van der Waals surface area contributed by atoms with Gasteiger partial charge in [0.1, 0.15) is 11.4 Å². The van der Waals surface area contributed by atoms with Crippen LogP contribution in [0.2, 0.25) is 0 Å². The molecule has 4 aromatic carbocycles. The van der Waals surface area contributed by atoms with E-state index >= 15 is 0 Å². The molecular formula is C43H52N4O3. The highest BCUT2D eigenvalue weighted by atomic mass is 16.6. The molecule has 0 fully saturated rings. The summed E-state index contributed by atoms with van der Waals surface area (Å²) in [4.78, 5) is 33.6. The minimum atomic E-state index is -0.576. The van der Waals surface area contributed by atoms with Gasteiger partial charge in [-0.05, 0) is 80.1 Å². The molecule has 262 valence electrons. The average Bonchev–Trinajstić information content (AvgIpc) is 3.45. The number of nitrogens with zero attached hydrogens (tertiary/aromatic N) is 3. The third kappa shape index (κ3) is 9.62. The minimum absolute atomic E-state index is 0.0933. The summed E-state index contributed by atoms with van der Waals surface area (Å²) in [5.41, 5.74) is 6.72. The van der Waals surface area contributed by atoms with Crippen LogP contribution < -0.4 is 10.2 Å². The van der Waals surface area contributed by atoms with E-state index in [0.717, 1.165) is 83.3 Å². The van der Waals surface area contributed by atoms with E-state index < -0.39 is 5.60 Å². The zero-order chi connectivity index (χ0) is 35.5. The molecule has 7 nitrogen and oxygen atoms in total. The number of unbranched alkanes of at least 4 members (excludes halogenated alkanes) is 4. The highest BCUT2D eigenvalue weighted by Gasteiger charge is 2.22. The summed E-state index contributed by atoms with van der Waals surface area (Å²) in [6.07, 6.45) is 7.39. The summed E-state index contributed by atoms with van der Waals surface area (Å²) < 4.78 is 7.99. The van der Waals surface area contributed by atoms with Crippen molar-refractivity contribution in [1.82, 2.24) is 14.9 Å². The molecule has 0 saturated heterocycles. The van der Waals surface area contributed by atoms with Crippen molar-refractivity contribution in [3.8, 4) is 11.1 Å². The molecule has 0 saturated carbocycles. The molecule has 0 unspecified atom stereocenters. The topological polar surface area (TPSA) is 76.5 Å². The van der Waals surface area contributed by atoms with Crippen LogP contribution >= 0.6 is 0 Å². The van der Waals surface area contributed by atoms with Crippen LogP contribution in [0.5, 0.6) is 0 Å². The van der Waals surface area contributed by atoms with Crippen molar-refractivity contribution in [2.75, 3.05) is 11.4 Å². The fourth-order valence-corrected chi connectivity index (χ4v) is 6.14. The average molecular weight is 673 g/mol. The van der Waals surface area contributed by atoms with Gasteiger partial charge in [0.05, 0.1) is 23.1 Å². The van der Waals surface area contributed by atoms with E-state index in [4.69, 9.17) is 9.72 Å². The van der Waals surface area contributed by atoms with Crippen molar-refractivity contribution in [3.63, 3.8) is 0 Å². The molecule has 5 aromatic rings. The van der Waals surface area contributed by atoms with Crippen LogP contribution in [-0.4, -0.2) is 33.7 Å². The number of benzene rings is 4. The molecule has 1 heterocycles. The SMILES string of the molecule is CCCCCCNC(=O)N(Cc1ccccc1)c1ccc2nc(CCCC)n(Cc3ccc(-c4ccccc4C(=O)OC(C)(C)C)cc3)c2c1. The maximum absolute atomic E-state index is 13.7. The molecule has 50 heavy (non-hydrogen) atoms. The van der Waals surface area contributed by atoms with Crippen LogP contribution in [0.1, 0.15) is 100 Å². The Kier molecular flexibility index (Phi) is 12.5. The molecule has 1 aromatic heterocycles. The quantitative estimate of drug-likeness (QED) is 0.0887. The summed E-state index contributed by atoms with van der Waals surface area (Å²) in [5.74, 6) is 0.707. The van der Waals surface area contributed by atoms with Crippen molar-refractivity contribution in [1.29, 1.82) is 0 Å². The van der Waals surface area contributed by atoms with Gasteiger partial charge in [-0.15, -0.1) is 0 Å². The highest BCUT2D eigenvalue weighted by Crippen LogP contribution is 2.29. The molecule has 2 amide bonds. The van der Waals surface area contributed by atoms with E-state index in [2.05, 4.69) is 66.2 Å². The van der Waals surface area contributed by atoms with Gasteiger partial charge in [-0.3, -0.25) is 4.90 Å². The lowest BCUT2D eigenvalue weighted by Gasteiger charge is -2.24. The van der Waals surface area contributed by atoms with Gasteiger partial charge in [-0.25, -0.2) is 14.6 Å². The number of carbonyl (C=O) groups is 2. The number of anilines is 1. The number of carbonyl (C=O) groups excluding carboxylic acids is 2. The number of aryl methyl sites for hydroxylation is 1. The number of esters is 1. The summed E-state index contributed by atoms with van der Waals surface area (Å²) in [6, 6.07) is 32.2. The molecule has 0 atom stereocenters. The number of aromatic nitrogens is 2. The molecule has 5 rings (SSSR count). The van der Waals surface area contributed by atoms with Gasteiger partial charge < -0.3 is 14.6 Å². The van der Waals surface area contributed by atoms with Crippen molar-refractivity contribution < 1.29 is 14.3 Å². The predicted molar refractivity (Wildman–Crippen MR) is 205 cm³/mol. The molecule has 0 aliphatic heterocycles. The van der Waals surface area contributed by atoms with Gasteiger partial charge in [-0.1, -0.05) is 112 Å². The Bertz CT molecular complexity index is 1860. The van der Waals surface area contributed by atoms with Gasteiger partial charge in [0.2, 0.25) is 0 Å². The van der Waals surface area contributed by atoms with Crippen molar-refractivity contribution in [3.05, 3.63) is 120 Å². The second kappa shape index (κ2) is 17.1. The molecule has 0 radical (unpaired) electrons. The normalized spacial score (nSPS) is 11.5. The van der Waals surface area contributed by atoms with E-state index in [9.17, 15) is 9.59 Å². The van der Waals surface area contributed by atoms with E-state index in [0.29, 0.717) is 25.2 Å². The number of ether oxygens (including phenoxy) is 1. The minimum Gasteiger partial charge on any atom is -0.456 e. The van der Waals surface area contributed by atoms with Crippen LogP contribution in [0.4, 0.5) is 10.5 Å². The molecule has 0 aliphatic rings. The predicted octanol–water partition coefficient (Wildman–Crippen LogP) is 10.3. The van der Waals surface area contributed by atoms with Crippen LogP contribution in [0.25, 0.3) is 22.2 Å². The van der Waals surface area contributed by atoms with Crippen LogP contribution in [0.3, 0.4) is 0 Å². The third-order valence-electron chi connectivity index (χ3n) is 8.76. The van der Waals surface area contributed by atoms with Gasteiger partial charge in [-0.2, -0.15) is 0 Å². The van der Waals surface area contributed by atoms with Gasteiger partial charge >= 0.3 is 12.0 Å². The van der Waals surface area contributed by atoms with Crippen LogP contribution in [0.15, 0.2) is 97.1 Å². The van der Waals surface area contributed by atoms with Crippen LogP contribution in [0, 0.1) is 0 Å². The smallest absolute Gasteiger partial charge is 0.339 e. The Morgan fingerprint density at radius 1 is 0.800 bits per heavy atom. The van der Waals surface area contributed by atoms with E-state index in [1.807, 2.05) is 80.3 Å². The number of nitrogens with one attached hydrogen (secondary N) is 1. The summed E-state index contributed by atoms with van der Waals surface area (Å²) in [5, 5.41) is 3.17. The number of fused-ring (bicyclic) bond motifs is 1. The first-order valence-corrected chi connectivity index (χ1v) is 18.2. The standard InChI is InChI=1S/C43H52N4O3/c1-6-8-10-16-28-44-42(49)46(30-32-17-12-11-13-18-32)35-26-27-38-39(29-35)47(40(45-38)21-9-7-2)31-33-22-24-34(25-23-33)36-19-14-15-20-37(36)41(48)50-43(3,4)5/h11-15,17-20,22-27,29H,6-10,16,21,28,30-31H2,1-5H3,(H,44,49). The Labute approximate surface area is 297 Å². The number of rotatable bonds is 15. The zero-order valence-electron chi connectivity index (χ0n) is 30.4. The first-order chi connectivity index (χ1) is 24.2. The van der Waals surface area contributed by atoms with E-state index in [1.54, 1.807) is 0 Å². The number of imidazole rings is 1. The van der Waals surface area contributed by atoms with Gasteiger partial charge in [0, 0.05) is 25.2 Å². The zero-order valence-corrected chi connectivity index (χ0v) is 30.4. The maximum Gasteiger partial charge on any atom is 0.339 e. The van der Waals surface area contributed by atoms with E-state index in [-0.39, 0.29) is 12.0 Å². The van der Waals surface area contributed by atoms with E-state index in [1.165, 1.54) is 6.42 Å². The lowest BCUT2D eigenvalue weighted by atomic mass is 9.98. The highest BCUT2D eigenvalue weighted by molar-refractivity contribution is 5.97. The Morgan fingerprint density at radius 2 is 1.52 bits per heavy atom. The maximum atomic E-state index is 13.7. The van der Waals surface area contributed by atoms with Crippen molar-refractivity contribution in [2.45, 2.75) is 98.3 Å². The molecule has 1 N–H and O–H groups in total. The Morgan fingerprint density at radius 3 is 2.24 bits per heavy atom. The summed E-state index contributed by atoms with van der Waals surface area (Å²) in [7, 11) is 0. The second-order valence-corrected chi connectivity index (χ2v) is 14.0. The first-order valence-electron chi connectivity index (χ1n) is 18.2. The summed E-state index contributed by atoms with van der Waals surface area (Å²) >= 11 is 0. The Balaban J connectivity index is 1.45. The summed E-state index contributed by atoms with van der Waals surface area (Å²) in [6.45, 7) is 11.8. The van der Waals surface area contributed by atoms with Gasteiger partial charge in [0.15, 0.2) is 0 Å². The van der Waals surface area contributed by atoms with Crippen molar-refractivity contribution in [2.24, 2.45) is 0 Å². The fraction of sp³-hybridized carbons (Fsp3) is 0.372. The molecular weight excluding hydrogens is 620 g/mol. The second-order valence-electron chi connectivity index (χ2n) is 14.0. The lowest BCUT2D eigenvalue weighted by molar-refractivity contribution is 0.00703. The fourth-order valence-electron chi connectivity index (χ4n) is 6.14. The third-order valence-corrected chi connectivity index (χ3v) is 8.76. The van der Waals surface area contributed by atoms with Gasteiger partial charge in [0.25, 0.3) is 0 Å². The largest absolute Gasteiger partial charge is 0.456 e. The monoisotopic (exact) mass is 672 g/mol. The molecule has 0 bridgehead atoms. The number of amides is 2.